The Bertz CT molecular complexity index is 93.1. The molecule has 0 aromatic heterocycles. The van der Waals surface area contributed by atoms with Crippen LogP contribution in [0.3, 0.4) is 0 Å². The van der Waals surface area contributed by atoms with Crippen molar-refractivity contribution in [3.05, 3.63) is 0 Å². The topological polar surface area (TPSA) is 17.1 Å². The van der Waals surface area contributed by atoms with Crippen LogP contribution in [0.4, 0.5) is 4.79 Å². The van der Waals surface area contributed by atoms with Gasteiger partial charge >= 0.3 is 0 Å². The predicted octanol–water partition coefficient (Wildman–Crippen LogP) is 3.00. The van der Waals surface area contributed by atoms with Crippen LogP contribution >= 0.6 is 23.5 Å². The normalized spacial score (nSPS) is 13.2. The zero-order valence-electron chi connectivity index (χ0n) is 6.01. The first-order valence-electron chi connectivity index (χ1n) is 2.95. The van der Waals surface area contributed by atoms with Gasteiger partial charge in [-0.05, 0) is 12.7 Å². The lowest BCUT2D eigenvalue weighted by Crippen LogP contribution is -1.94. The molecule has 0 aromatic rings. The highest BCUT2D eigenvalue weighted by Gasteiger charge is 2.04. The number of thioether (sulfide) groups is 2. The van der Waals surface area contributed by atoms with E-state index >= 15 is 0 Å². The third-order valence-electron chi connectivity index (χ3n) is 1.04. The molecule has 0 aliphatic rings. The summed E-state index contributed by atoms with van der Waals surface area (Å²) in [5, 5.41) is 0.477. The van der Waals surface area contributed by atoms with E-state index in [0.29, 0.717) is 5.25 Å². The lowest BCUT2D eigenvalue weighted by Gasteiger charge is -2.02. The Kier molecular flexibility index (Phi) is 5.39. The van der Waals surface area contributed by atoms with Gasteiger partial charge in [0, 0.05) is 5.25 Å². The van der Waals surface area contributed by atoms with Gasteiger partial charge in [-0.15, -0.1) is 0 Å². The highest BCUT2D eigenvalue weighted by atomic mass is 32.2. The van der Waals surface area contributed by atoms with Crippen LogP contribution in [0.25, 0.3) is 0 Å². The van der Waals surface area contributed by atoms with Crippen molar-refractivity contribution in [3.8, 4) is 0 Å². The quantitative estimate of drug-likeness (QED) is 0.624. The van der Waals surface area contributed by atoms with Crippen LogP contribution < -0.4 is 0 Å². The van der Waals surface area contributed by atoms with Crippen molar-refractivity contribution in [2.75, 3.05) is 6.26 Å². The van der Waals surface area contributed by atoms with E-state index in [0.717, 1.165) is 6.42 Å². The van der Waals surface area contributed by atoms with Gasteiger partial charge in [0.15, 0.2) is 0 Å². The van der Waals surface area contributed by atoms with Gasteiger partial charge in [-0.25, -0.2) is 0 Å². The molecule has 0 saturated carbocycles. The maximum absolute atomic E-state index is 10.7. The van der Waals surface area contributed by atoms with Crippen molar-refractivity contribution in [2.24, 2.45) is 0 Å². The molecule has 0 heterocycles. The van der Waals surface area contributed by atoms with E-state index in [2.05, 4.69) is 13.8 Å². The Morgan fingerprint density at radius 1 is 1.67 bits per heavy atom. The van der Waals surface area contributed by atoms with Crippen LogP contribution in [0.2, 0.25) is 0 Å². The van der Waals surface area contributed by atoms with E-state index in [1.807, 2.05) is 6.26 Å². The lowest BCUT2D eigenvalue weighted by atomic mass is 10.4. The van der Waals surface area contributed by atoms with Crippen LogP contribution in [0, 0.1) is 0 Å². The predicted molar refractivity (Wildman–Crippen MR) is 46.3 cm³/mol. The van der Waals surface area contributed by atoms with E-state index in [1.54, 1.807) is 0 Å². The molecule has 0 aliphatic heterocycles. The Morgan fingerprint density at radius 3 is 2.56 bits per heavy atom. The average molecular weight is 164 g/mol. The Balaban J connectivity index is 3.34. The Hall–Kier alpha value is 0.370. The SMILES string of the molecule is CCC(C)SC(=O)SC. The van der Waals surface area contributed by atoms with Gasteiger partial charge < -0.3 is 0 Å². The first-order chi connectivity index (χ1) is 4.20. The summed E-state index contributed by atoms with van der Waals surface area (Å²) in [5.41, 5.74) is 0. The molecule has 0 aliphatic carbocycles. The molecule has 0 fully saturated rings. The molecule has 0 bridgehead atoms. The summed E-state index contributed by atoms with van der Waals surface area (Å²) in [4.78, 5) is 10.7. The minimum Gasteiger partial charge on any atom is -0.274 e. The molecule has 0 aromatic carbocycles. The monoisotopic (exact) mass is 164 g/mol. The highest BCUT2D eigenvalue weighted by molar-refractivity contribution is 8.38. The molecule has 1 atom stereocenters. The highest BCUT2D eigenvalue weighted by Crippen LogP contribution is 2.20. The van der Waals surface area contributed by atoms with E-state index in [-0.39, 0.29) is 4.45 Å². The molecular formula is C6H12OS2. The fourth-order valence-corrected chi connectivity index (χ4v) is 1.67. The molecule has 0 spiro atoms. The summed E-state index contributed by atoms with van der Waals surface area (Å²) >= 11 is 2.72. The molecule has 0 N–H and O–H groups in total. The fraction of sp³-hybridized carbons (Fsp3) is 0.833. The van der Waals surface area contributed by atoms with Crippen LogP contribution in [0.1, 0.15) is 20.3 Å². The third kappa shape index (κ3) is 4.85. The van der Waals surface area contributed by atoms with Gasteiger partial charge in [0.05, 0.1) is 0 Å². The van der Waals surface area contributed by atoms with E-state index in [1.165, 1.54) is 23.5 Å². The van der Waals surface area contributed by atoms with Crippen molar-refractivity contribution in [1.82, 2.24) is 0 Å². The minimum absolute atomic E-state index is 0.226. The van der Waals surface area contributed by atoms with Crippen molar-refractivity contribution in [3.63, 3.8) is 0 Å². The summed E-state index contributed by atoms with van der Waals surface area (Å²) in [6.45, 7) is 4.16. The van der Waals surface area contributed by atoms with Crippen LogP contribution in [-0.2, 0) is 0 Å². The second kappa shape index (κ2) is 5.18. The van der Waals surface area contributed by atoms with E-state index in [4.69, 9.17) is 0 Å². The molecule has 3 heteroatoms. The van der Waals surface area contributed by atoms with Gasteiger partial charge in [-0.3, -0.25) is 4.79 Å². The molecule has 0 saturated heterocycles. The number of hydrogen-bond donors (Lipinski definition) is 0. The van der Waals surface area contributed by atoms with Crippen molar-refractivity contribution in [1.29, 1.82) is 0 Å². The number of hydrogen-bond acceptors (Lipinski definition) is 3. The molecule has 1 unspecified atom stereocenters. The number of carbonyl (C=O) groups is 1. The largest absolute Gasteiger partial charge is 0.274 e. The van der Waals surface area contributed by atoms with Crippen molar-refractivity contribution >= 4 is 28.0 Å². The van der Waals surface area contributed by atoms with Gasteiger partial charge in [0.25, 0.3) is 0 Å². The first kappa shape index (κ1) is 9.37. The Labute approximate surface area is 65.0 Å². The summed E-state index contributed by atoms with van der Waals surface area (Å²) in [7, 11) is 0. The smallest absolute Gasteiger partial charge is 0.246 e. The Morgan fingerprint density at radius 2 is 2.22 bits per heavy atom. The van der Waals surface area contributed by atoms with Gasteiger partial charge in [-0.1, -0.05) is 37.4 Å². The summed E-state index contributed by atoms with van der Waals surface area (Å²) in [6, 6.07) is 0. The first-order valence-corrected chi connectivity index (χ1v) is 5.05. The van der Waals surface area contributed by atoms with Crippen LogP contribution in [-0.4, -0.2) is 16.0 Å². The zero-order chi connectivity index (χ0) is 7.28. The molecule has 54 valence electrons. The summed E-state index contributed by atoms with van der Waals surface area (Å²) < 4.78 is 0.226. The van der Waals surface area contributed by atoms with E-state index < -0.39 is 0 Å². The lowest BCUT2D eigenvalue weighted by molar-refractivity contribution is 0.276. The minimum atomic E-state index is 0.226. The molecule has 0 amide bonds. The molecule has 1 nitrogen and oxygen atoms in total. The third-order valence-corrected chi connectivity index (χ3v) is 3.09. The van der Waals surface area contributed by atoms with Crippen molar-refractivity contribution in [2.45, 2.75) is 25.5 Å². The molecular weight excluding hydrogens is 152 g/mol. The molecule has 0 rings (SSSR count). The van der Waals surface area contributed by atoms with Gasteiger partial charge in [0.2, 0.25) is 4.45 Å². The maximum Gasteiger partial charge on any atom is 0.246 e. The van der Waals surface area contributed by atoms with E-state index in [9.17, 15) is 4.79 Å². The number of rotatable bonds is 2. The summed E-state index contributed by atoms with van der Waals surface area (Å²) in [6.07, 6.45) is 2.88. The summed E-state index contributed by atoms with van der Waals surface area (Å²) in [5.74, 6) is 0. The second-order valence-corrected chi connectivity index (χ2v) is 4.24. The molecule has 0 radical (unpaired) electrons. The zero-order valence-corrected chi connectivity index (χ0v) is 7.64. The fourth-order valence-electron chi connectivity index (χ4n) is 0.296. The molecule has 9 heavy (non-hydrogen) atoms. The van der Waals surface area contributed by atoms with Gasteiger partial charge in [-0.2, -0.15) is 0 Å². The van der Waals surface area contributed by atoms with Crippen LogP contribution in [0.15, 0.2) is 0 Å². The van der Waals surface area contributed by atoms with Crippen LogP contribution in [0.5, 0.6) is 0 Å². The van der Waals surface area contributed by atoms with Crippen molar-refractivity contribution < 1.29 is 4.79 Å². The second-order valence-electron chi connectivity index (χ2n) is 1.79. The maximum atomic E-state index is 10.7. The average Bonchev–Trinajstić information content (AvgIpc) is 1.87. The van der Waals surface area contributed by atoms with Gasteiger partial charge in [0.1, 0.15) is 0 Å². The standard InChI is InChI=1S/C6H12OS2/c1-4-5(2)9-6(7)8-3/h5H,4H2,1-3H3. The number of carbonyl (C=O) groups excluding carboxylic acids is 1.